The van der Waals surface area contributed by atoms with Gasteiger partial charge in [0.1, 0.15) is 0 Å². The summed E-state index contributed by atoms with van der Waals surface area (Å²) >= 11 is 5.61. The number of halogens is 1. The van der Waals surface area contributed by atoms with E-state index in [4.69, 9.17) is 17.3 Å². The molecule has 1 aliphatic carbocycles. The van der Waals surface area contributed by atoms with Crippen molar-refractivity contribution in [3.8, 4) is 0 Å². The maximum atomic E-state index is 11.9. The molecule has 0 atom stereocenters. The fourth-order valence-corrected chi connectivity index (χ4v) is 2.09. The van der Waals surface area contributed by atoms with Gasteiger partial charge in [0.05, 0.1) is 0 Å². The monoisotopic (exact) mass is 254 g/mol. The van der Waals surface area contributed by atoms with Crippen LogP contribution in [-0.2, 0) is 4.79 Å². The van der Waals surface area contributed by atoms with Crippen LogP contribution < -0.4 is 11.1 Å². The third kappa shape index (κ3) is 3.38. The lowest BCUT2D eigenvalue weighted by Gasteiger charge is -2.24. The molecule has 1 heterocycles. The Morgan fingerprint density at radius 3 is 2.59 bits per heavy atom. The van der Waals surface area contributed by atoms with Gasteiger partial charge in [-0.25, -0.2) is 0 Å². The lowest BCUT2D eigenvalue weighted by Crippen LogP contribution is -2.32. The van der Waals surface area contributed by atoms with E-state index >= 15 is 0 Å². The number of nitrogens with two attached hydrogens (primary N) is 1. The van der Waals surface area contributed by atoms with E-state index in [1.54, 1.807) is 12.1 Å². The van der Waals surface area contributed by atoms with E-state index in [1.165, 1.54) is 0 Å². The van der Waals surface area contributed by atoms with E-state index in [9.17, 15) is 4.79 Å². The Morgan fingerprint density at radius 2 is 2.00 bits per heavy atom. The van der Waals surface area contributed by atoms with Crippen molar-refractivity contribution in [2.75, 3.05) is 5.32 Å². The molecule has 0 spiro atoms. The predicted octanol–water partition coefficient (Wildman–Crippen LogP) is 1.59. The number of nitrogens with one attached hydrogen (secondary N) is 1. The van der Waals surface area contributed by atoms with Crippen LogP contribution in [0.5, 0.6) is 0 Å². The molecule has 0 aromatic carbocycles. The lowest BCUT2D eigenvalue weighted by atomic mass is 9.86. The van der Waals surface area contributed by atoms with Crippen LogP contribution in [0, 0.1) is 5.92 Å². The van der Waals surface area contributed by atoms with Gasteiger partial charge in [-0.15, -0.1) is 10.2 Å². The number of aromatic nitrogens is 2. The van der Waals surface area contributed by atoms with Crippen LogP contribution in [0.3, 0.4) is 0 Å². The number of hydrogen-bond donors (Lipinski definition) is 2. The van der Waals surface area contributed by atoms with Gasteiger partial charge >= 0.3 is 0 Å². The zero-order chi connectivity index (χ0) is 12.3. The van der Waals surface area contributed by atoms with E-state index in [2.05, 4.69) is 15.5 Å². The molecule has 0 unspecified atom stereocenters. The predicted molar refractivity (Wildman–Crippen MR) is 65.6 cm³/mol. The topological polar surface area (TPSA) is 80.9 Å². The highest BCUT2D eigenvalue weighted by molar-refractivity contribution is 6.29. The standard InChI is InChI=1S/C11H15ClN4O/c12-9-5-6-10(16-15-9)14-11(17)7-1-3-8(13)4-2-7/h5-8H,1-4,13H2,(H,14,16,17). The molecule has 5 nitrogen and oxygen atoms in total. The first-order valence-corrected chi connectivity index (χ1v) is 6.08. The molecule has 6 heteroatoms. The van der Waals surface area contributed by atoms with E-state index in [0.29, 0.717) is 11.0 Å². The SMILES string of the molecule is NC1CCC(C(=O)Nc2ccc(Cl)nn2)CC1. The quantitative estimate of drug-likeness (QED) is 0.840. The second-order valence-electron chi connectivity index (χ2n) is 4.34. The van der Waals surface area contributed by atoms with Gasteiger partial charge in [-0.05, 0) is 37.8 Å². The fourth-order valence-electron chi connectivity index (χ4n) is 1.99. The van der Waals surface area contributed by atoms with Gasteiger partial charge in [-0.2, -0.15) is 0 Å². The Balaban J connectivity index is 1.90. The van der Waals surface area contributed by atoms with Gasteiger partial charge in [0, 0.05) is 12.0 Å². The third-order valence-corrected chi connectivity index (χ3v) is 3.23. The molecule has 17 heavy (non-hydrogen) atoms. The Bertz CT molecular complexity index is 387. The molecule has 1 fully saturated rings. The van der Waals surface area contributed by atoms with Crippen molar-refractivity contribution in [2.45, 2.75) is 31.7 Å². The van der Waals surface area contributed by atoms with Crippen molar-refractivity contribution in [1.82, 2.24) is 10.2 Å². The van der Waals surface area contributed by atoms with Gasteiger partial charge in [0.15, 0.2) is 11.0 Å². The molecule has 1 saturated carbocycles. The zero-order valence-electron chi connectivity index (χ0n) is 9.40. The van der Waals surface area contributed by atoms with Crippen LogP contribution in [0.25, 0.3) is 0 Å². The number of carbonyl (C=O) groups excluding carboxylic acids is 1. The highest BCUT2D eigenvalue weighted by Gasteiger charge is 2.24. The van der Waals surface area contributed by atoms with Crippen molar-refractivity contribution < 1.29 is 4.79 Å². The molecule has 3 N–H and O–H groups in total. The maximum Gasteiger partial charge on any atom is 0.228 e. The molecule has 1 aromatic rings. The number of hydrogen-bond acceptors (Lipinski definition) is 4. The van der Waals surface area contributed by atoms with E-state index in [-0.39, 0.29) is 17.9 Å². The van der Waals surface area contributed by atoms with Crippen LogP contribution in [0.15, 0.2) is 12.1 Å². The molecule has 0 radical (unpaired) electrons. The summed E-state index contributed by atoms with van der Waals surface area (Å²) < 4.78 is 0. The van der Waals surface area contributed by atoms with Crippen LogP contribution in [0.4, 0.5) is 5.82 Å². The van der Waals surface area contributed by atoms with E-state index < -0.39 is 0 Å². The Kier molecular flexibility index (Phi) is 3.91. The Hall–Kier alpha value is -1.20. The molecule has 1 amide bonds. The summed E-state index contributed by atoms with van der Waals surface area (Å²) in [5.41, 5.74) is 5.80. The first-order valence-electron chi connectivity index (χ1n) is 5.71. The average molecular weight is 255 g/mol. The van der Waals surface area contributed by atoms with Crippen molar-refractivity contribution in [3.05, 3.63) is 17.3 Å². The third-order valence-electron chi connectivity index (χ3n) is 3.03. The van der Waals surface area contributed by atoms with Crippen molar-refractivity contribution in [3.63, 3.8) is 0 Å². The van der Waals surface area contributed by atoms with Gasteiger partial charge in [-0.1, -0.05) is 11.6 Å². The number of carbonyl (C=O) groups is 1. The molecule has 0 saturated heterocycles. The maximum absolute atomic E-state index is 11.9. The van der Waals surface area contributed by atoms with Crippen LogP contribution in [-0.4, -0.2) is 22.1 Å². The van der Waals surface area contributed by atoms with Crippen molar-refractivity contribution in [1.29, 1.82) is 0 Å². The summed E-state index contributed by atoms with van der Waals surface area (Å²) in [6, 6.07) is 3.48. The number of nitrogens with zero attached hydrogens (tertiary/aromatic N) is 2. The summed E-state index contributed by atoms with van der Waals surface area (Å²) in [6.07, 6.45) is 3.50. The second kappa shape index (κ2) is 5.42. The second-order valence-corrected chi connectivity index (χ2v) is 4.73. The Labute approximate surface area is 105 Å². The molecule has 2 rings (SSSR count). The summed E-state index contributed by atoms with van der Waals surface area (Å²) in [7, 11) is 0. The largest absolute Gasteiger partial charge is 0.328 e. The summed E-state index contributed by atoms with van der Waals surface area (Å²) in [5, 5.41) is 10.5. The van der Waals surface area contributed by atoms with Gasteiger partial charge in [0.25, 0.3) is 0 Å². The fraction of sp³-hybridized carbons (Fsp3) is 0.545. The van der Waals surface area contributed by atoms with Crippen LogP contribution in [0.1, 0.15) is 25.7 Å². The zero-order valence-corrected chi connectivity index (χ0v) is 10.2. The first kappa shape index (κ1) is 12.3. The van der Waals surface area contributed by atoms with Crippen molar-refractivity contribution in [2.24, 2.45) is 11.7 Å². The highest BCUT2D eigenvalue weighted by atomic mass is 35.5. The molecule has 0 bridgehead atoms. The van der Waals surface area contributed by atoms with Crippen LogP contribution in [0.2, 0.25) is 5.15 Å². The van der Waals surface area contributed by atoms with Crippen LogP contribution >= 0.6 is 11.6 Å². The number of anilines is 1. The lowest BCUT2D eigenvalue weighted by molar-refractivity contribution is -0.120. The summed E-state index contributed by atoms with van der Waals surface area (Å²) in [6.45, 7) is 0. The summed E-state index contributed by atoms with van der Waals surface area (Å²) in [5.74, 6) is 0.468. The smallest absolute Gasteiger partial charge is 0.228 e. The molecular weight excluding hydrogens is 240 g/mol. The van der Waals surface area contributed by atoms with Gasteiger partial charge in [-0.3, -0.25) is 4.79 Å². The minimum absolute atomic E-state index is 0.00600. The van der Waals surface area contributed by atoms with Crippen molar-refractivity contribution >= 4 is 23.3 Å². The molecule has 0 aliphatic heterocycles. The molecule has 1 aromatic heterocycles. The minimum Gasteiger partial charge on any atom is -0.328 e. The number of rotatable bonds is 2. The molecular formula is C11H15ClN4O. The summed E-state index contributed by atoms with van der Waals surface area (Å²) in [4.78, 5) is 11.9. The van der Waals surface area contributed by atoms with E-state index in [0.717, 1.165) is 25.7 Å². The Morgan fingerprint density at radius 1 is 1.29 bits per heavy atom. The van der Waals surface area contributed by atoms with Gasteiger partial charge < -0.3 is 11.1 Å². The molecule has 1 aliphatic rings. The van der Waals surface area contributed by atoms with E-state index in [1.807, 2.05) is 0 Å². The first-order chi connectivity index (χ1) is 8.15. The molecule has 92 valence electrons. The minimum atomic E-state index is -0.00600. The van der Waals surface area contributed by atoms with Gasteiger partial charge in [0.2, 0.25) is 5.91 Å². The number of amides is 1. The normalized spacial score (nSPS) is 24.4. The highest BCUT2D eigenvalue weighted by Crippen LogP contribution is 2.24. The average Bonchev–Trinajstić information content (AvgIpc) is 2.33.